The van der Waals surface area contributed by atoms with E-state index in [0.29, 0.717) is 41.6 Å². The molecule has 0 bridgehead atoms. The number of nitrogens with zero attached hydrogens (tertiary/aromatic N) is 2. The Balaban J connectivity index is 1.57. The van der Waals surface area contributed by atoms with Crippen LogP contribution in [0.4, 0.5) is 14.3 Å². The number of benzene rings is 1. The standard InChI is InChI=1S/C13H13FN4O3S/c14-10-3-8(11-9(4-10)5-20-7-21-11)1-2-15-12(19)17-13-18-16-6-22-13/h3-4,6H,1-2,5,7H2,(H2,15,17,18,19). The number of rotatable bonds is 4. The number of fused-ring (bicyclic) bond motifs is 1. The van der Waals surface area contributed by atoms with Gasteiger partial charge in [-0.15, -0.1) is 10.2 Å². The van der Waals surface area contributed by atoms with E-state index in [9.17, 15) is 9.18 Å². The Kier molecular flexibility index (Phi) is 4.45. The quantitative estimate of drug-likeness (QED) is 0.897. The van der Waals surface area contributed by atoms with Crippen molar-refractivity contribution in [2.45, 2.75) is 13.0 Å². The minimum atomic E-state index is -0.383. The Labute approximate surface area is 129 Å². The van der Waals surface area contributed by atoms with Gasteiger partial charge in [-0.25, -0.2) is 9.18 Å². The number of hydrogen-bond acceptors (Lipinski definition) is 6. The molecule has 9 heteroatoms. The summed E-state index contributed by atoms with van der Waals surface area (Å²) < 4.78 is 24.1. The molecule has 0 atom stereocenters. The summed E-state index contributed by atoms with van der Waals surface area (Å²) >= 11 is 1.22. The lowest BCUT2D eigenvalue weighted by Crippen LogP contribution is -2.30. The monoisotopic (exact) mass is 324 g/mol. The molecule has 0 saturated carbocycles. The Morgan fingerprint density at radius 2 is 2.36 bits per heavy atom. The second-order valence-corrected chi connectivity index (χ2v) is 5.37. The normalized spacial score (nSPS) is 13.1. The Bertz CT molecular complexity index is 666. The Hall–Kier alpha value is -2.26. The van der Waals surface area contributed by atoms with Crippen LogP contribution in [-0.4, -0.2) is 29.6 Å². The number of urea groups is 1. The largest absolute Gasteiger partial charge is 0.467 e. The number of hydrogen-bond donors (Lipinski definition) is 2. The van der Waals surface area contributed by atoms with Crippen LogP contribution in [0.1, 0.15) is 11.1 Å². The fourth-order valence-electron chi connectivity index (χ4n) is 2.12. The highest BCUT2D eigenvalue weighted by atomic mass is 32.1. The summed E-state index contributed by atoms with van der Waals surface area (Å²) in [7, 11) is 0. The van der Waals surface area contributed by atoms with Crippen LogP contribution in [0.2, 0.25) is 0 Å². The van der Waals surface area contributed by atoms with Gasteiger partial charge in [-0.3, -0.25) is 5.32 Å². The summed E-state index contributed by atoms with van der Waals surface area (Å²) in [5.41, 5.74) is 2.91. The average molecular weight is 324 g/mol. The zero-order valence-corrected chi connectivity index (χ0v) is 12.3. The molecule has 2 heterocycles. The van der Waals surface area contributed by atoms with E-state index < -0.39 is 0 Å². The van der Waals surface area contributed by atoms with Crippen molar-refractivity contribution >= 4 is 22.5 Å². The maximum Gasteiger partial charge on any atom is 0.321 e. The van der Waals surface area contributed by atoms with Crippen LogP contribution in [-0.2, 0) is 17.8 Å². The highest BCUT2D eigenvalue weighted by Crippen LogP contribution is 2.29. The lowest BCUT2D eigenvalue weighted by Gasteiger charge is -2.20. The van der Waals surface area contributed by atoms with Crippen LogP contribution >= 0.6 is 11.3 Å². The molecule has 0 unspecified atom stereocenters. The van der Waals surface area contributed by atoms with Gasteiger partial charge in [-0.1, -0.05) is 11.3 Å². The average Bonchev–Trinajstić information content (AvgIpc) is 3.00. The van der Waals surface area contributed by atoms with Crippen LogP contribution < -0.4 is 15.4 Å². The molecule has 1 aliphatic heterocycles. The highest BCUT2D eigenvalue weighted by Gasteiger charge is 2.17. The second-order valence-electron chi connectivity index (χ2n) is 4.54. The fourth-order valence-corrected chi connectivity index (χ4v) is 2.56. The van der Waals surface area contributed by atoms with Crippen LogP contribution in [0.3, 0.4) is 0 Å². The maximum absolute atomic E-state index is 13.6. The number of carbonyl (C=O) groups is 1. The van der Waals surface area contributed by atoms with E-state index in [1.165, 1.54) is 29.0 Å². The first-order valence-electron chi connectivity index (χ1n) is 6.55. The van der Waals surface area contributed by atoms with Gasteiger partial charge >= 0.3 is 6.03 Å². The predicted molar refractivity (Wildman–Crippen MR) is 77.3 cm³/mol. The molecule has 2 amide bonds. The summed E-state index contributed by atoms with van der Waals surface area (Å²) in [6.45, 7) is 0.812. The van der Waals surface area contributed by atoms with E-state index in [2.05, 4.69) is 20.8 Å². The van der Waals surface area contributed by atoms with Crippen LogP contribution in [0, 0.1) is 5.82 Å². The van der Waals surface area contributed by atoms with Crippen molar-refractivity contribution in [3.63, 3.8) is 0 Å². The van der Waals surface area contributed by atoms with E-state index in [4.69, 9.17) is 9.47 Å². The molecule has 1 aromatic carbocycles. The molecule has 0 saturated heterocycles. The van der Waals surface area contributed by atoms with E-state index in [1.807, 2.05) is 0 Å². The first-order chi connectivity index (χ1) is 10.7. The molecule has 2 aromatic rings. The van der Waals surface area contributed by atoms with Gasteiger partial charge in [0.25, 0.3) is 0 Å². The van der Waals surface area contributed by atoms with Gasteiger partial charge in [0.2, 0.25) is 5.13 Å². The third-order valence-electron chi connectivity index (χ3n) is 3.01. The summed E-state index contributed by atoms with van der Waals surface area (Å²) in [5.74, 6) is 0.292. The topological polar surface area (TPSA) is 85.4 Å². The van der Waals surface area contributed by atoms with Gasteiger partial charge in [-0.05, 0) is 24.1 Å². The van der Waals surface area contributed by atoms with Crippen molar-refractivity contribution in [3.8, 4) is 5.75 Å². The maximum atomic E-state index is 13.6. The molecule has 22 heavy (non-hydrogen) atoms. The minimum absolute atomic E-state index is 0.149. The molecule has 3 rings (SSSR count). The summed E-state index contributed by atoms with van der Waals surface area (Å²) in [5, 5.41) is 13.0. The van der Waals surface area contributed by atoms with Crippen molar-refractivity contribution in [2.24, 2.45) is 0 Å². The van der Waals surface area contributed by atoms with Crippen molar-refractivity contribution < 1.29 is 18.7 Å². The highest BCUT2D eigenvalue weighted by molar-refractivity contribution is 7.13. The molecule has 7 nitrogen and oxygen atoms in total. The molecule has 0 spiro atoms. The van der Waals surface area contributed by atoms with Gasteiger partial charge in [-0.2, -0.15) is 0 Å². The minimum Gasteiger partial charge on any atom is -0.467 e. The van der Waals surface area contributed by atoms with Crippen LogP contribution in [0.5, 0.6) is 5.75 Å². The third kappa shape index (κ3) is 3.49. The Morgan fingerprint density at radius 3 is 3.18 bits per heavy atom. The predicted octanol–water partition coefficient (Wildman–Crippen LogP) is 1.91. The number of aromatic nitrogens is 2. The smallest absolute Gasteiger partial charge is 0.321 e. The third-order valence-corrected chi connectivity index (χ3v) is 3.62. The number of anilines is 1. The van der Waals surface area contributed by atoms with Crippen LogP contribution in [0.15, 0.2) is 17.6 Å². The zero-order valence-electron chi connectivity index (χ0n) is 11.5. The lowest BCUT2D eigenvalue weighted by molar-refractivity contribution is -0.0172. The first-order valence-corrected chi connectivity index (χ1v) is 7.43. The molecule has 2 N–H and O–H groups in total. The van der Waals surface area contributed by atoms with Crippen molar-refractivity contribution in [1.29, 1.82) is 0 Å². The molecule has 0 fully saturated rings. The molecule has 0 radical (unpaired) electrons. The second kappa shape index (κ2) is 6.67. The first kappa shape index (κ1) is 14.7. The number of carbonyl (C=O) groups excluding carboxylic acids is 1. The van der Waals surface area contributed by atoms with Crippen molar-refractivity contribution in [1.82, 2.24) is 15.5 Å². The summed E-state index contributed by atoms with van der Waals surface area (Å²) in [4.78, 5) is 11.6. The van der Waals surface area contributed by atoms with Gasteiger partial charge in [0, 0.05) is 12.1 Å². The SMILES string of the molecule is O=C(NCCc1cc(F)cc2c1OCOC2)Nc1nncs1. The molecular weight excluding hydrogens is 311 g/mol. The molecule has 0 aliphatic carbocycles. The number of nitrogens with one attached hydrogen (secondary N) is 2. The van der Waals surface area contributed by atoms with Gasteiger partial charge in [0.1, 0.15) is 17.1 Å². The van der Waals surface area contributed by atoms with E-state index >= 15 is 0 Å². The van der Waals surface area contributed by atoms with Gasteiger partial charge in [0.05, 0.1) is 6.61 Å². The molecule has 1 aliphatic rings. The number of halogens is 1. The van der Waals surface area contributed by atoms with E-state index in [1.54, 1.807) is 0 Å². The number of ether oxygens (including phenoxy) is 2. The van der Waals surface area contributed by atoms with Crippen LogP contribution in [0.25, 0.3) is 0 Å². The fraction of sp³-hybridized carbons (Fsp3) is 0.308. The molecule has 116 valence electrons. The van der Waals surface area contributed by atoms with E-state index in [-0.39, 0.29) is 18.6 Å². The summed E-state index contributed by atoms with van der Waals surface area (Å²) in [6, 6.07) is 2.42. The van der Waals surface area contributed by atoms with Crippen molar-refractivity contribution in [2.75, 3.05) is 18.7 Å². The van der Waals surface area contributed by atoms with Crippen molar-refractivity contribution in [3.05, 3.63) is 34.6 Å². The van der Waals surface area contributed by atoms with E-state index in [0.717, 1.165) is 0 Å². The zero-order chi connectivity index (χ0) is 15.4. The lowest BCUT2D eigenvalue weighted by atomic mass is 10.1. The number of amides is 2. The summed E-state index contributed by atoms with van der Waals surface area (Å²) in [6.07, 6.45) is 0.448. The molecular formula is C13H13FN4O3S. The Morgan fingerprint density at radius 1 is 1.45 bits per heavy atom. The van der Waals surface area contributed by atoms with Gasteiger partial charge in [0.15, 0.2) is 6.79 Å². The molecule has 1 aromatic heterocycles. The van der Waals surface area contributed by atoms with Gasteiger partial charge < -0.3 is 14.8 Å².